The molecule has 0 amide bonds. The Labute approximate surface area is 146 Å². The van der Waals surface area contributed by atoms with Gasteiger partial charge in [-0.15, -0.1) is 12.4 Å². The van der Waals surface area contributed by atoms with Gasteiger partial charge in [0.15, 0.2) is 0 Å². The van der Waals surface area contributed by atoms with E-state index < -0.39 is 23.9 Å². The molecule has 1 aliphatic heterocycles. The molecule has 5 nitrogen and oxygen atoms in total. The minimum atomic E-state index is -1.19. The molecule has 1 heterocycles. The summed E-state index contributed by atoms with van der Waals surface area (Å²) in [6.07, 6.45) is 8.27. The summed E-state index contributed by atoms with van der Waals surface area (Å²) in [6, 6.07) is 0. The van der Waals surface area contributed by atoms with Gasteiger partial charge in [0.1, 0.15) is 12.2 Å². The molecule has 1 aliphatic rings. The van der Waals surface area contributed by atoms with Crippen LogP contribution in [0.15, 0.2) is 0 Å². The molecule has 1 rings (SSSR count). The quantitative estimate of drug-likeness (QED) is 0.365. The molecular formula is C17H36ClNO4. The third-order valence-corrected chi connectivity index (χ3v) is 4.96. The largest absolute Gasteiger partial charge is 0.394 e. The minimum absolute atomic E-state index is 0. The van der Waals surface area contributed by atoms with E-state index in [-0.39, 0.29) is 25.6 Å². The summed E-state index contributed by atoms with van der Waals surface area (Å²) >= 11 is 0. The van der Waals surface area contributed by atoms with Crippen LogP contribution in [-0.2, 0) is 0 Å². The second kappa shape index (κ2) is 12.5. The van der Waals surface area contributed by atoms with Gasteiger partial charge in [0.05, 0.1) is 18.2 Å². The van der Waals surface area contributed by atoms with Crippen molar-refractivity contribution in [2.45, 2.75) is 95.0 Å². The zero-order valence-corrected chi connectivity index (χ0v) is 15.2. The van der Waals surface area contributed by atoms with E-state index in [9.17, 15) is 20.4 Å². The summed E-state index contributed by atoms with van der Waals surface area (Å²) in [5, 5.41) is 42.2. The van der Waals surface area contributed by atoms with Crippen LogP contribution in [0, 0.1) is 0 Å². The lowest BCUT2D eigenvalue weighted by Crippen LogP contribution is -2.69. The summed E-state index contributed by atoms with van der Waals surface area (Å²) in [5.41, 5.74) is -0.875. The lowest BCUT2D eigenvalue weighted by atomic mass is 9.79. The number of halogens is 1. The molecule has 4 atom stereocenters. The molecule has 0 aliphatic carbocycles. The van der Waals surface area contributed by atoms with Gasteiger partial charge in [-0.05, 0) is 6.42 Å². The Kier molecular flexibility index (Phi) is 12.5. The first-order valence-electron chi connectivity index (χ1n) is 8.97. The highest BCUT2D eigenvalue weighted by Gasteiger charge is 2.46. The van der Waals surface area contributed by atoms with Crippen molar-refractivity contribution in [3.63, 3.8) is 0 Å². The van der Waals surface area contributed by atoms with Crippen LogP contribution < -0.4 is 5.32 Å². The zero-order valence-electron chi connectivity index (χ0n) is 14.4. The predicted molar refractivity (Wildman–Crippen MR) is 94.9 cm³/mol. The summed E-state index contributed by atoms with van der Waals surface area (Å²) in [6.45, 7) is 2.20. The van der Waals surface area contributed by atoms with Gasteiger partial charge in [-0.25, -0.2) is 0 Å². The van der Waals surface area contributed by atoms with Gasteiger partial charge >= 0.3 is 0 Å². The molecule has 0 radical (unpaired) electrons. The minimum Gasteiger partial charge on any atom is -0.394 e. The van der Waals surface area contributed by atoms with Crippen LogP contribution in [0.1, 0.15) is 71.1 Å². The monoisotopic (exact) mass is 353 g/mol. The third kappa shape index (κ3) is 7.24. The molecule has 140 valence electrons. The molecule has 5 N–H and O–H groups in total. The molecular weight excluding hydrogens is 318 g/mol. The number of rotatable bonds is 11. The fourth-order valence-electron chi connectivity index (χ4n) is 3.29. The topological polar surface area (TPSA) is 93.0 Å². The number of aliphatic hydroxyl groups is 4. The van der Waals surface area contributed by atoms with Crippen molar-refractivity contribution < 1.29 is 20.4 Å². The Morgan fingerprint density at radius 1 is 0.913 bits per heavy atom. The number of unbranched alkanes of at least 4 members (excludes halogenated alkanes) is 8. The summed E-state index contributed by atoms with van der Waals surface area (Å²) < 4.78 is 0. The van der Waals surface area contributed by atoms with E-state index in [1.54, 1.807) is 0 Å². The molecule has 6 heteroatoms. The van der Waals surface area contributed by atoms with E-state index in [1.807, 2.05) is 0 Å². The summed E-state index contributed by atoms with van der Waals surface area (Å²) in [7, 11) is 0. The highest BCUT2D eigenvalue weighted by molar-refractivity contribution is 5.85. The second-order valence-corrected chi connectivity index (χ2v) is 6.78. The number of aliphatic hydroxyl groups excluding tert-OH is 4. The maximum absolute atomic E-state index is 10.1. The predicted octanol–water partition coefficient (Wildman–Crippen LogP) is 1.75. The van der Waals surface area contributed by atoms with Crippen molar-refractivity contribution in [1.82, 2.24) is 5.32 Å². The van der Waals surface area contributed by atoms with Crippen LogP contribution in [0.25, 0.3) is 0 Å². The van der Waals surface area contributed by atoms with Crippen molar-refractivity contribution in [1.29, 1.82) is 0 Å². The smallest absolute Gasteiger partial charge is 0.109 e. The maximum Gasteiger partial charge on any atom is 0.109 e. The van der Waals surface area contributed by atoms with E-state index in [0.717, 1.165) is 12.8 Å². The fraction of sp³-hybridized carbons (Fsp3) is 1.00. The molecule has 1 saturated heterocycles. The fourth-order valence-corrected chi connectivity index (χ4v) is 3.29. The van der Waals surface area contributed by atoms with Crippen LogP contribution in [0.2, 0.25) is 0 Å². The number of hydrogen-bond acceptors (Lipinski definition) is 5. The number of β-amino-alcohol motifs (C(OH)–C–C–N with tert-alkyl or cyclic N) is 1. The molecule has 0 aromatic heterocycles. The Bertz CT molecular complexity index is 296. The van der Waals surface area contributed by atoms with Crippen LogP contribution in [0.5, 0.6) is 0 Å². The average Bonchev–Trinajstić information content (AvgIpc) is 2.53. The molecule has 1 fully saturated rings. The molecule has 0 aromatic carbocycles. The Balaban J connectivity index is 0.00000484. The van der Waals surface area contributed by atoms with Crippen LogP contribution in [-0.4, -0.2) is 57.4 Å². The number of hydrogen-bond donors (Lipinski definition) is 5. The first kappa shape index (κ1) is 23.1. The zero-order chi connectivity index (χ0) is 16.4. The summed E-state index contributed by atoms with van der Waals surface area (Å²) in [5.74, 6) is 0. The standard InChI is InChI=1S/C17H35NO4.ClH/c1-2-3-4-5-6-7-8-9-10-11-17(13-19)16(22)15(21)14(20)12-18-17;/h14-16,18-22H,2-13H2,1H3;1H/t14-,15+,16-,17-;/m0./s1. The van der Waals surface area contributed by atoms with E-state index >= 15 is 0 Å². The Morgan fingerprint density at radius 2 is 1.43 bits per heavy atom. The van der Waals surface area contributed by atoms with Crippen LogP contribution in [0.4, 0.5) is 0 Å². The van der Waals surface area contributed by atoms with E-state index in [1.165, 1.54) is 44.9 Å². The first-order chi connectivity index (χ1) is 10.6. The van der Waals surface area contributed by atoms with E-state index in [0.29, 0.717) is 6.42 Å². The highest BCUT2D eigenvalue weighted by atomic mass is 35.5. The molecule has 0 unspecified atom stereocenters. The van der Waals surface area contributed by atoms with Crippen molar-refractivity contribution >= 4 is 12.4 Å². The van der Waals surface area contributed by atoms with Crippen molar-refractivity contribution in [2.75, 3.05) is 13.2 Å². The lowest BCUT2D eigenvalue weighted by molar-refractivity contribution is -0.135. The molecule has 0 aromatic rings. The number of nitrogens with one attached hydrogen (secondary N) is 1. The van der Waals surface area contributed by atoms with E-state index in [4.69, 9.17) is 0 Å². The molecule has 0 bridgehead atoms. The van der Waals surface area contributed by atoms with Gasteiger partial charge in [-0.2, -0.15) is 0 Å². The SMILES string of the molecule is CCCCCCCCCCC[C@@]1(CO)NC[C@H](O)[C@@H](O)[C@@H]1O.Cl. The number of piperidine rings is 1. The van der Waals surface area contributed by atoms with Crippen LogP contribution in [0.3, 0.4) is 0 Å². The van der Waals surface area contributed by atoms with Gasteiger partial charge in [-0.3, -0.25) is 0 Å². The highest BCUT2D eigenvalue weighted by Crippen LogP contribution is 2.26. The van der Waals surface area contributed by atoms with Gasteiger partial charge in [0.25, 0.3) is 0 Å². The maximum atomic E-state index is 10.1. The van der Waals surface area contributed by atoms with Gasteiger partial charge in [0.2, 0.25) is 0 Å². The molecule has 0 spiro atoms. The van der Waals surface area contributed by atoms with Gasteiger partial charge < -0.3 is 25.7 Å². The van der Waals surface area contributed by atoms with Gasteiger partial charge in [-0.1, -0.05) is 64.7 Å². The van der Waals surface area contributed by atoms with Crippen LogP contribution >= 0.6 is 12.4 Å². The lowest BCUT2D eigenvalue weighted by Gasteiger charge is -2.45. The van der Waals surface area contributed by atoms with Crippen molar-refractivity contribution in [3.8, 4) is 0 Å². The van der Waals surface area contributed by atoms with Crippen molar-refractivity contribution in [3.05, 3.63) is 0 Å². The Hall–Kier alpha value is 0.0900. The normalized spacial score (nSPS) is 30.9. The van der Waals surface area contributed by atoms with Gasteiger partial charge in [0, 0.05) is 6.54 Å². The average molecular weight is 354 g/mol. The van der Waals surface area contributed by atoms with E-state index in [2.05, 4.69) is 12.2 Å². The second-order valence-electron chi connectivity index (χ2n) is 6.78. The first-order valence-corrected chi connectivity index (χ1v) is 8.97. The Morgan fingerprint density at radius 3 is 1.96 bits per heavy atom. The summed E-state index contributed by atoms with van der Waals surface area (Å²) in [4.78, 5) is 0. The molecule has 23 heavy (non-hydrogen) atoms. The third-order valence-electron chi connectivity index (χ3n) is 4.96. The molecule has 0 saturated carbocycles. The van der Waals surface area contributed by atoms with Crippen molar-refractivity contribution in [2.24, 2.45) is 0 Å².